The molecule has 0 aromatic carbocycles. The van der Waals surface area contributed by atoms with Crippen LogP contribution in [0.4, 0.5) is 0 Å². The van der Waals surface area contributed by atoms with E-state index in [4.69, 9.17) is 19.3 Å². The van der Waals surface area contributed by atoms with Gasteiger partial charge in [-0.15, -0.1) is 0 Å². The second kappa shape index (κ2) is 7.73. The fourth-order valence-electron chi connectivity index (χ4n) is 2.50. The first kappa shape index (κ1) is 20.4. The highest BCUT2D eigenvalue weighted by molar-refractivity contribution is 9.10. The van der Waals surface area contributed by atoms with Crippen molar-refractivity contribution in [2.24, 2.45) is 0 Å². The van der Waals surface area contributed by atoms with Gasteiger partial charge in [-0.05, 0) is 15.9 Å². The first-order valence-corrected chi connectivity index (χ1v) is 7.95. The zero-order chi connectivity index (χ0) is 18.2. The first-order chi connectivity index (χ1) is 11.1. The van der Waals surface area contributed by atoms with E-state index >= 15 is 0 Å². The van der Waals surface area contributed by atoms with Crippen molar-refractivity contribution in [1.82, 2.24) is 0 Å². The Kier molecular flexibility index (Phi) is 6.56. The number of ether oxygens (including phenoxy) is 3. The van der Waals surface area contributed by atoms with Gasteiger partial charge in [0.2, 0.25) is 0 Å². The Bertz CT molecular complexity index is 422. The summed E-state index contributed by atoms with van der Waals surface area (Å²) in [5.41, 5.74) is 0. The molecule has 2 rings (SSSR count). The Morgan fingerprint density at radius 2 is 1.46 bits per heavy atom. The Labute approximate surface area is 144 Å². The largest absolute Gasteiger partial charge is 0.394 e. The van der Waals surface area contributed by atoms with Gasteiger partial charge in [-0.1, -0.05) is 0 Å². The van der Waals surface area contributed by atoms with Crippen molar-refractivity contribution in [3.63, 3.8) is 0 Å². The van der Waals surface area contributed by atoms with Crippen LogP contribution in [0.5, 0.6) is 0 Å². The summed E-state index contributed by atoms with van der Waals surface area (Å²) in [6, 6.07) is 0. The maximum atomic E-state index is 9.85. The molecule has 0 amide bonds. The molecule has 142 valence electrons. The van der Waals surface area contributed by atoms with Crippen LogP contribution in [0, 0.1) is 0 Å². The highest BCUT2D eigenvalue weighted by Gasteiger charge is 2.52. The molecule has 8 N–H and O–H groups in total. The minimum Gasteiger partial charge on any atom is -0.394 e. The van der Waals surface area contributed by atoms with E-state index in [2.05, 4.69) is 15.9 Å². The lowest BCUT2D eigenvalue weighted by Crippen LogP contribution is -2.63. The summed E-state index contributed by atoms with van der Waals surface area (Å²) in [4.78, 5) is 0. The molecule has 0 aromatic heterocycles. The van der Waals surface area contributed by atoms with Gasteiger partial charge >= 0.3 is 0 Å². The van der Waals surface area contributed by atoms with Gasteiger partial charge < -0.3 is 55.1 Å². The average Bonchev–Trinajstić information content (AvgIpc) is 2.54. The molecule has 2 aliphatic rings. The van der Waals surface area contributed by atoms with Crippen LogP contribution in [0.15, 0.2) is 0 Å². The molecule has 10 atom stereocenters. The van der Waals surface area contributed by atoms with Crippen LogP contribution < -0.4 is 0 Å². The second-order valence-electron chi connectivity index (χ2n) is 5.72. The fraction of sp³-hybridized carbons (Fsp3) is 1.00. The number of alkyl halides is 1. The Morgan fingerprint density at radius 1 is 0.875 bits per heavy atom. The summed E-state index contributed by atoms with van der Waals surface area (Å²) in [6.45, 7) is -1.15. The quantitative estimate of drug-likeness (QED) is 0.204. The summed E-state index contributed by atoms with van der Waals surface area (Å²) in [5, 5.41) is 77.1. The lowest BCUT2D eigenvalue weighted by atomic mass is 9.98. The molecule has 0 unspecified atom stereocenters. The SMILES string of the molecule is OC[C@H]1O[C@H](OC[C@H]2O[C@@](O)(Br)[C@H](O)[C@@H](O)[C@@H]2O)[C@H](O)[C@@H](O)[C@@H]1O. The molecule has 2 saturated heterocycles. The van der Waals surface area contributed by atoms with Crippen molar-refractivity contribution in [1.29, 1.82) is 0 Å². The molecule has 12 heteroatoms. The minimum absolute atomic E-state index is 0.512. The van der Waals surface area contributed by atoms with Crippen LogP contribution in [0.25, 0.3) is 0 Å². The van der Waals surface area contributed by atoms with Gasteiger partial charge in [0.25, 0.3) is 4.70 Å². The molecule has 24 heavy (non-hydrogen) atoms. The number of hydrogen-bond donors (Lipinski definition) is 8. The van der Waals surface area contributed by atoms with E-state index < -0.39 is 73.0 Å². The normalized spacial score (nSPS) is 53.1. The summed E-state index contributed by atoms with van der Waals surface area (Å²) in [5.74, 6) is 0. The molecule has 0 spiro atoms. The van der Waals surface area contributed by atoms with Crippen LogP contribution in [-0.4, -0.2) is 114 Å². The van der Waals surface area contributed by atoms with Crippen molar-refractivity contribution >= 4 is 15.9 Å². The molecule has 11 nitrogen and oxygen atoms in total. The van der Waals surface area contributed by atoms with Crippen molar-refractivity contribution < 1.29 is 55.1 Å². The Balaban J connectivity index is 1.99. The Hall–Kier alpha value is 0.0400. The predicted octanol–water partition coefficient (Wildman–Crippen LogP) is -4.67. The number of halogens is 1. The van der Waals surface area contributed by atoms with Gasteiger partial charge in [0.1, 0.15) is 48.8 Å². The van der Waals surface area contributed by atoms with E-state index in [1.165, 1.54) is 0 Å². The van der Waals surface area contributed by atoms with Gasteiger partial charge in [-0.2, -0.15) is 0 Å². The monoisotopic (exact) mass is 420 g/mol. The van der Waals surface area contributed by atoms with Crippen molar-refractivity contribution in [2.75, 3.05) is 13.2 Å². The van der Waals surface area contributed by atoms with Gasteiger partial charge in [0.05, 0.1) is 13.2 Å². The van der Waals surface area contributed by atoms with Crippen molar-refractivity contribution in [2.45, 2.75) is 59.8 Å². The van der Waals surface area contributed by atoms with Crippen LogP contribution in [0.3, 0.4) is 0 Å². The third-order valence-corrected chi connectivity index (χ3v) is 4.66. The molecule has 2 aliphatic heterocycles. The fourth-order valence-corrected chi connectivity index (χ4v) is 3.01. The molecule has 0 radical (unpaired) electrons. The van der Waals surface area contributed by atoms with Crippen LogP contribution in [0.2, 0.25) is 0 Å². The minimum atomic E-state index is -2.32. The summed E-state index contributed by atoms with van der Waals surface area (Å²) in [7, 11) is 0. The van der Waals surface area contributed by atoms with Gasteiger partial charge in [-0.25, -0.2) is 0 Å². The molecule has 0 aliphatic carbocycles. The first-order valence-electron chi connectivity index (χ1n) is 7.15. The topological polar surface area (TPSA) is 190 Å². The van der Waals surface area contributed by atoms with Crippen molar-refractivity contribution in [3.8, 4) is 0 Å². The van der Waals surface area contributed by atoms with Gasteiger partial charge in [0, 0.05) is 0 Å². The maximum Gasteiger partial charge on any atom is 0.254 e. The van der Waals surface area contributed by atoms with Crippen LogP contribution in [-0.2, 0) is 14.2 Å². The number of rotatable bonds is 4. The molecular formula is C12H21BrO11. The van der Waals surface area contributed by atoms with E-state index in [-0.39, 0.29) is 0 Å². The molecule has 0 saturated carbocycles. The Morgan fingerprint density at radius 3 is 2.04 bits per heavy atom. The van der Waals surface area contributed by atoms with Crippen LogP contribution >= 0.6 is 15.9 Å². The molecule has 0 bridgehead atoms. The predicted molar refractivity (Wildman–Crippen MR) is 76.5 cm³/mol. The number of aliphatic hydroxyl groups excluding tert-OH is 7. The molecule has 2 heterocycles. The second-order valence-corrected chi connectivity index (χ2v) is 6.86. The summed E-state index contributed by atoms with van der Waals surface area (Å²) < 4.78 is 12.9. The zero-order valence-corrected chi connectivity index (χ0v) is 13.9. The van der Waals surface area contributed by atoms with Crippen molar-refractivity contribution in [3.05, 3.63) is 0 Å². The average molecular weight is 421 g/mol. The third kappa shape index (κ3) is 3.90. The molecule has 2 fully saturated rings. The van der Waals surface area contributed by atoms with Gasteiger partial charge in [-0.3, -0.25) is 0 Å². The zero-order valence-electron chi connectivity index (χ0n) is 12.3. The smallest absolute Gasteiger partial charge is 0.254 e. The highest BCUT2D eigenvalue weighted by Crippen LogP contribution is 2.33. The van der Waals surface area contributed by atoms with Gasteiger partial charge in [0.15, 0.2) is 6.29 Å². The summed E-state index contributed by atoms with van der Waals surface area (Å²) in [6.07, 6.45) is -14.0. The van der Waals surface area contributed by atoms with E-state index in [1.807, 2.05) is 0 Å². The van der Waals surface area contributed by atoms with Crippen LogP contribution in [0.1, 0.15) is 0 Å². The maximum absolute atomic E-state index is 9.85. The molecular weight excluding hydrogens is 400 g/mol. The summed E-state index contributed by atoms with van der Waals surface area (Å²) >= 11 is 2.65. The lowest BCUT2D eigenvalue weighted by Gasteiger charge is -2.44. The van der Waals surface area contributed by atoms with E-state index in [1.54, 1.807) is 0 Å². The lowest BCUT2D eigenvalue weighted by molar-refractivity contribution is -0.332. The number of aliphatic hydroxyl groups is 8. The standard InChI is InChI=1S/C12H21BrO11/c13-12(21)10(20)8(18)6(16)4(24-12)2-22-11-9(19)7(17)5(15)3(1-14)23-11/h3-11,14-21H,1-2H2/t3-,4-,5-,6-,7+,8+,9-,10-,11+,12-/m1/s1. The van der Waals surface area contributed by atoms with E-state index in [9.17, 15) is 35.7 Å². The number of hydrogen-bond acceptors (Lipinski definition) is 11. The third-order valence-electron chi connectivity index (χ3n) is 4.01. The highest BCUT2D eigenvalue weighted by atomic mass is 79.9. The molecule has 0 aromatic rings. The van der Waals surface area contributed by atoms with E-state index in [0.29, 0.717) is 0 Å². The van der Waals surface area contributed by atoms with E-state index in [0.717, 1.165) is 0 Å².